The summed E-state index contributed by atoms with van der Waals surface area (Å²) in [5, 5.41) is 2.98. The fraction of sp³-hybridized carbons (Fsp3) is 0.818. The maximum absolute atomic E-state index is 12.5. The zero-order valence-corrected chi connectivity index (χ0v) is 10.5. The minimum atomic E-state index is -4.14. The second-order valence-corrected chi connectivity index (χ2v) is 4.25. The van der Waals surface area contributed by atoms with E-state index in [0.717, 1.165) is 12.2 Å². The minimum absolute atomic E-state index is 0.195. The number of hydrogen-bond acceptors (Lipinski definition) is 3. The van der Waals surface area contributed by atoms with Gasteiger partial charge < -0.3 is 10.2 Å². The molecule has 0 radical (unpaired) electrons. The number of rotatable bonds is 5. The molecule has 100 valence electrons. The monoisotopic (exact) mass is 251 g/mol. The van der Waals surface area contributed by atoms with Crippen LogP contribution in [0.1, 0.15) is 19.8 Å². The van der Waals surface area contributed by atoms with E-state index >= 15 is 0 Å². The van der Waals surface area contributed by atoms with Crippen LogP contribution in [0.4, 0.5) is 13.2 Å². The lowest BCUT2D eigenvalue weighted by Gasteiger charge is -2.35. The van der Waals surface area contributed by atoms with Crippen LogP contribution in [-0.4, -0.2) is 49.3 Å². The predicted molar refractivity (Wildman–Crippen MR) is 61.2 cm³/mol. The molecule has 1 heterocycles. The molecule has 0 aromatic heterocycles. The van der Waals surface area contributed by atoms with E-state index < -0.39 is 12.7 Å². The van der Waals surface area contributed by atoms with Crippen molar-refractivity contribution in [3.8, 4) is 0 Å². The molecule has 6 heteroatoms. The summed E-state index contributed by atoms with van der Waals surface area (Å²) < 4.78 is 37.5. The molecular formula is C11H20F3N3. The average molecular weight is 251 g/mol. The maximum Gasteiger partial charge on any atom is 0.401 e. The van der Waals surface area contributed by atoms with Crippen molar-refractivity contribution in [2.75, 3.05) is 27.2 Å². The topological polar surface area (TPSA) is 18.5 Å². The lowest BCUT2D eigenvalue weighted by molar-refractivity contribution is -0.156. The van der Waals surface area contributed by atoms with Gasteiger partial charge in [0.1, 0.15) is 0 Å². The van der Waals surface area contributed by atoms with E-state index in [1.165, 1.54) is 4.90 Å². The molecule has 1 rings (SSSR count). The van der Waals surface area contributed by atoms with E-state index in [0.29, 0.717) is 13.0 Å². The van der Waals surface area contributed by atoms with E-state index in [1.54, 1.807) is 7.05 Å². The summed E-state index contributed by atoms with van der Waals surface area (Å²) in [7, 11) is 3.59. The molecule has 3 nitrogen and oxygen atoms in total. The molecule has 1 unspecified atom stereocenters. The third-order valence-electron chi connectivity index (χ3n) is 2.92. The molecular weight excluding hydrogens is 231 g/mol. The predicted octanol–water partition coefficient (Wildman–Crippen LogP) is 1.98. The summed E-state index contributed by atoms with van der Waals surface area (Å²) in [6.07, 6.45) is -1.06. The Balaban J connectivity index is 2.67. The molecule has 0 aliphatic carbocycles. The van der Waals surface area contributed by atoms with E-state index in [4.69, 9.17) is 0 Å². The third-order valence-corrected chi connectivity index (χ3v) is 2.92. The van der Waals surface area contributed by atoms with Gasteiger partial charge in [-0.15, -0.1) is 0 Å². The average Bonchev–Trinajstić information content (AvgIpc) is 2.57. The Bertz CT molecular complexity index is 276. The Morgan fingerprint density at radius 2 is 2.18 bits per heavy atom. The molecule has 1 aliphatic heterocycles. The highest BCUT2D eigenvalue weighted by molar-refractivity contribution is 5.07. The van der Waals surface area contributed by atoms with E-state index in [1.807, 2.05) is 24.9 Å². The Morgan fingerprint density at radius 1 is 1.53 bits per heavy atom. The van der Waals surface area contributed by atoms with Crippen molar-refractivity contribution in [1.29, 1.82) is 0 Å². The van der Waals surface area contributed by atoms with Crippen LogP contribution in [0.15, 0.2) is 11.9 Å². The molecule has 1 atom stereocenters. The van der Waals surface area contributed by atoms with Gasteiger partial charge in [0.2, 0.25) is 0 Å². The number of halogens is 3. The Labute approximate surface area is 100 Å². The van der Waals surface area contributed by atoms with Crippen LogP contribution in [-0.2, 0) is 0 Å². The van der Waals surface area contributed by atoms with Gasteiger partial charge in [-0.25, -0.2) is 0 Å². The lowest BCUT2D eigenvalue weighted by atomic mass is 10.3. The quantitative estimate of drug-likeness (QED) is 0.806. The molecule has 0 aromatic carbocycles. The lowest BCUT2D eigenvalue weighted by Crippen LogP contribution is -2.48. The summed E-state index contributed by atoms with van der Waals surface area (Å²) in [5.41, 5.74) is 0. The first-order chi connectivity index (χ1) is 7.89. The van der Waals surface area contributed by atoms with Crippen molar-refractivity contribution in [3.63, 3.8) is 0 Å². The molecule has 17 heavy (non-hydrogen) atoms. The van der Waals surface area contributed by atoms with Gasteiger partial charge in [0, 0.05) is 27.1 Å². The molecule has 0 bridgehead atoms. The summed E-state index contributed by atoms with van der Waals surface area (Å²) in [6.45, 7) is 1.50. The summed E-state index contributed by atoms with van der Waals surface area (Å²) in [5.74, 6) is 0.887. The maximum atomic E-state index is 12.5. The first-order valence-corrected chi connectivity index (χ1v) is 5.80. The number of nitrogens with zero attached hydrogens (tertiary/aromatic N) is 2. The highest BCUT2D eigenvalue weighted by Gasteiger charge is 2.36. The summed E-state index contributed by atoms with van der Waals surface area (Å²) in [6, 6.07) is 0. The van der Waals surface area contributed by atoms with Gasteiger partial charge in [0.25, 0.3) is 0 Å². The van der Waals surface area contributed by atoms with Crippen molar-refractivity contribution in [1.82, 2.24) is 15.1 Å². The van der Waals surface area contributed by atoms with E-state index in [9.17, 15) is 13.2 Å². The second kappa shape index (κ2) is 5.62. The van der Waals surface area contributed by atoms with Crippen molar-refractivity contribution in [2.24, 2.45) is 0 Å². The van der Waals surface area contributed by atoms with Gasteiger partial charge >= 0.3 is 6.18 Å². The van der Waals surface area contributed by atoms with Gasteiger partial charge in [-0.1, -0.05) is 6.92 Å². The molecule has 0 fully saturated rings. The molecule has 1 aliphatic rings. The van der Waals surface area contributed by atoms with Gasteiger partial charge in [-0.2, -0.15) is 13.2 Å². The first kappa shape index (κ1) is 14.2. The standard InChI is InChI=1S/C11H20F3N3/c1-4-7-17(8-11(12,13)14)10-6-5-9(15-2)16(10)3/h5,10,15H,4,6-8H2,1-3H3. The Kier molecular flexibility index (Phi) is 4.68. The SMILES string of the molecule is CCCN(CC(F)(F)F)C1CC=C(NC)N1C. The van der Waals surface area contributed by atoms with Gasteiger partial charge in [-0.05, 0) is 12.5 Å². The van der Waals surface area contributed by atoms with Gasteiger partial charge in [0.15, 0.2) is 0 Å². The Hall–Kier alpha value is -0.910. The van der Waals surface area contributed by atoms with E-state index in [-0.39, 0.29) is 6.17 Å². The largest absolute Gasteiger partial charge is 0.401 e. The normalized spacial score (nSPS) is 21.0. The molecule has 1 N–H and O–H groups in total. The molecule has 0 saturated heterocycles. The van der Waals surface area contributed by atoms with Crippen LogP contribution < -0.4 is 5.32 Å². The highest BCUT2D eigenvalue weighted by Crippen LogP contribution is 2.25. The zero-order valence-electron chi connectivity index (χ0n) is 10.5. The first-order valence-electron chi connectivity index (χ1n) is 5.80. The zero-order chi connectivity index (χ0) is 13.1. The second-order valence-electron chi connectivity index (χ2n) is 4.25. The van der Waals surface area contributed by atoms with Crippen LogP contribution in [0.2, 0.25) is 0 Å². The van der Waals surface area contributed by atoms with Gasteiger partial charge in [-0.3, -0.25) is 4.90 Å². The van der Waals surface area contributed by atoms with Crippen LogP contribution in [0.25, 0.3) is 0 Å². The molecule has 0 amide bonds. The summed E-state index contributed by atoms with van der Waals surface area (Å²) in [4.78, 5) is 3.35. The smallest absolute Gasteiger partial charge is 0.375 e. The van der Waals surface area contributed by atoms with Crippen LogP contribution in [0, 0.1) is 0 Å². The summed E-state index contributed by atoms with van der Waals surface area (Å²) >= 11 is 0. The third kappa shape index (κ3) is 3.80. The number of nitrogens with one attached hydrogen (secondary N) is 1. The van der Waals surface area contributed by atoms with Crippen LogP contribution >= 0.6 is 0 Å². The number of alkyl halides is 3. The molecule has 0 saturated carbocycles. The van der Waals surface area contributed by atoms with Gasteiger partial charge in [0.05, 0.1) is 18.5 Å². The fourth-order valence-electron chi connectivity index (χ4n) is 2.20. The van der Waals surface area contributed by atoms with Crippen molar-refractivity contribution < 1.29 is 13.2 Å². The Morgan fingerprint density at radius 3 is 2.59 bits per heavy atom. The molecule has 0 aromatic rings. The fourth-order valence-corrected chi connectivity index (χ4v) is 2.20. The van der Waals surface area contributed by atoms with Crippen molar-refractivity contribution in [3.05, 3.63) is 11.9 Å². The highest BCUT2D eigenvalue weighted by atomic mass is 19.4. The van der Waals surface area contributed by atoms with Crippen molar-refractivity contribution in [2.45, 2.75) is 32.1 Å². The van der Waals surface area contributed by atoms with Crippen molar-refractivity contribution >= 4 is 0 Å². The molecule has 0 spiro atoms. The minimum Gasteiger partial charge on any atom is -0.375 e. The van der Waals surface area contributed by atoms with Crippen LogP contribution in [0.3, 0.4) is 0 Å². The number of hydrogen-bond donors (Lipinski definition) is 1. The van der Waals surface area contributed by atoms with E-state index in [2.05, 4.69) is 5.32 Å². The van der Waals surface area contributed by atoms with Crippen LogP contribution in [0.5, 0.6) is 0 Å².